The van der Waals surface area contributed by atoms with E-state index in [0.29, 0.717) is 0 Å². The van der Waals surface area contributed by atoms with Crippen molar-refractivity contribution in [1.82, 2.24) is 0 Å². The van der Waals surface area contributed by atoms with Gasteiger partial charge >= 0.3 is 0 Å². The molecule has 0 fully saturated rings. The number of hydrogen-bond acceptors (Lipinski definition) is 0. The van der Waals surface area contributed by atoms with E-state index in [4.69, 9.17) is 0 Å². The topological polar surface area (TPSA) is 0 Å². The Morgan fingerprint density at radius 2 is 0.471 bits per heavy atom. The van der Waals surface area contributed by atoms with Crippen molar-refractivity contribution in [1.29, 1.82) is 0 Å². The molecule has 0 radical (unpaired) electrons. The van der Waals surface area contributed by atoms with E-state index >= 15 is 0 Å². The molecule has 70 heavy (non-hydrogen) atoms. The summed E-state index contributed by atoms with van der Waals surface area (Å²) in [4.78, 5) is 0. The minimum Gasteiger partial charge on any atom is -0.0696 e. The van der Waals surface area contributed by atoms with Crippen LogP contribution in [0, 0.1) is 10.8 Å². The lowest BCUT2D eigenvalue weighted by Gasteiger charge is -2.33. The van der Waals surface area contributed by atoms with E-state index in [0.717, 1.165) is 0 Å². The Hall–Kier alpha value is -5.98. The predicted octanol–water partition coefficient (Wildman–Crippen LogP) is 21.6. The zero-order valence-corrected chi connectivity index (χ0v) is 46.7. The van der Waals surface area contributed by atoms with Crippen LogP contribution in [0.2, 0.25) is 0 Å². The first-order valence-electron chi connectivity index (χ1n) is 25.8. The smallest absolute Gasteiger partial charge is 0.0104 e. The Balaban J connectivity index is 1.79. The highest BCUT2D eigenvalue weighted by Gasteiger charge is 2.27. The van der Waals surface area contributed by atoms with Gasteiger partial charge in [-0.15, -0.1) is 0 Å². The molecule has 0 spiro atoms. The monoisotopic (exact) mass is 933 g/mol. The second kappa shape index (κ2) is 32.8. The van der Waals surface area contributed by atoms with Crippen molar-refractivity contribution in [3.8, 4) is 0 Å². The van der Waals surface area contributed by atoms with Crippen LogP contribution < -0.4 is 0 Å². The van der Waals surface area contributed by atoms with Gasteiger partial charge in [-0.2, -0.15) is 0 Å². The molecule has 0 atom stereocenters. The second-order valence-corrected chi connectivity index (χ2v) is 20.9. The zero-order chi connectivity index (χ0) is 52.0. The molecule has 2 rings (SSSR count). The van der Waals surface area contributed by atoms with Gasteiger partial charge in [-0.1, -0.05) is 289 Å². The molecule has 0 amide bonds. The molecular formula is C70H92. The predicted molar refractivity (Wildman–Crippen MR) is 319 cm³/mol. The number of hydrogen-bond donors (Lipinski definition) is 0. The van der Waals surface area contributed by atoms with Crippen LogP contribution in [0.5, 0.6) is 0 Å². The molecule has 0 unspecified atom stereocenters. The van der Waals surface area contributed by atoms with Gasteiger partial charge in [-0.25, -0.2) is 0 Å². The van der Waals surface area contributed by atoms with E-state index in [9.17, 15) is 0 Å². The minimum absolute atomic E-state index is 0.274. The van der Waals surface area contributed by atoms with Crippen LogP contribution in [0.15, 0.2) is 272 Å². The molecule has 0 aromatic heterocycles. The number of rotatable bonds is 22. The third kappa shape index (κ3) is 26.7. The normalized spacial score (nSPS) is 20.0. The lowest BCUT2D eigenvalue weighted by Crippen LogP contribution is -2.19. The summed E-state index contributed by atoms with van der Waals surface area (Å²) in [5.74, 6) is 0. The Bertz CT molecular complexity index is 2310. The van der Waals surface area contributed by atoms with Crippen molar-refractivity contribution in [3.05, 3.63) is 272 Å². The van der Waals surface area contributed by atoms with Gasteiger partial charge in [0.2, 0.25) is 0 Å². The summed E-state index contributed by atoms with van der Waals surface area (Å²) in [5, 5.41) is 0. The highest BCUT2D eigenvalue weighted by Crippen LogP contribution is 2.42. The van der Waals surface area contributed by atoms with E-state index < -0.39 is 0 Å². The van der Waals surface area contributed by atoms with Gasteiger partial charge in [-0.05, 0) is 144 Å². The van der Waals surface area contributed by atoms with Crippen molar-refractivity contribution in [2.75, 3.05) is 0 Å². The van der Waals surface area contributed by atoms with Crippen LogP contribution in [0.25, 0.3) is 0 Å². The standard InChI is InChI=1S/C70H92/c1-55(31-19-33-57(3)35-21-37-59(5)39-23-41-61(7)43-25-45-63(9)49-51-67-65(11)47-27-53-69(67,13)14)29-17-18-30-56(2)32-20-34-58(4)36-22-38-60(6)40-24-42-62(8)44-26-46-64(10)50-52-68-66(12)48-28-54-70(68,15)16/h17-26,29-46,49-52H,27-28,47-48,53-54H2,1-16H3/b18-17+,31-19+,32-20+,35-21+,36-22+,39-23+,40-24+,43-25+,44-26+,51-49+,52-50+,55-29+,56-30+,57-33+,58-34+,59-37+,60-38+,61-41+,62-42+,63-45+,64-46+. The van der Waals surface area contributed by atoms with Crippen LogP contribution in [-0.4, -0.2) is 0 Å². The van der Waals surface area contributed by atoms with Gasteiger partial charge in [0.15, 0.2) is 0 Å². The van der Waals surface area contributed by atoms with Crippen molar-refractivity contribution < 1.29 is 0 Å². The molecule has 0 nitrogen and oxygen atoms in total. The first-order valence-corrected chi connectivity index (χ1v) is 25.8. The van der Waals surface area contributed by atoms with Gasteiger partial charge in [0.05, 0.1) is 0 Å². The summed E-state index contributed by atoms with van der Waals surface area (Å²) in [6.45, 7) is 35.4. The Labute approximate surface area is 430 Å². The molecular weight excluding hydrogens is 841 g/mol. The van der Waals surface area contributed by atoms with Crippen LogP contribution in [0.4, 0.5) is 0 Å². The van der Waals surface area contributed by atoms with Crippen molar-refractivity contribution in [3.63, 3.8) is 0 Å². The zero-order valence-electron chi connectivity index (χ0n) is 46.7. The van der Waals surface area contributed by atoms with E-state index in [1.807, 2.05) is 0 Å². The highest BCUT2D eigenvalue weighted by atomic mass is 14.3. The molecule has 0 N–H and O–H groups in total. The molecule has 0 aromatic carbocycles. The van der Waals surface area contributed by atoms with Gasteiger partial charge < -0.3 is 0 Å². The first kappa shape index (κ1) is 60.1. The second-order valence-electron chi connectivity index (χ2n) is 20.9. The maximum atomic E-state index is 2.37. The lowest BCUT2D eigenvalue weighted by atomic mass is 9.72. The summed E-state index contributed by atoms with van der Waals surface area (Å²) < 4.78 is 0. The maximum absolute atomic E-state index is 2.37. The summed E-state index contributed by atoms with van der Waals surface area (Å²) in [6, 6.07) is 0. The average Bonchev–Trinajstić information content (AvgIpc) is 3.27. The molecule has 372 valence electrons. The fraction of sp³-hybridized carbons (Fsp3) is 0.343. The van der Waals surface area contributed by atoms with E-state index in [1.165, 1.54) is 117 Å². The largest absolute Gasteiger partial charge is 0.0696 e. The number of allylic oxidation sites excluding steroid dienone is 46. The molecule has 0 heterocycles. The third-order valence-corrected chi connectivity index (χ3v) is 12.7. The SMILES string of the molecule is CC1=C(/C=C/C(C)=C/C=C/C(C)=C/C=C/C(C)=C/C=C/C(C)=C/C=C/C(C)=C/C=C/C=C(C)/C=C/C=C(C)/C=C/C=C(C)/C=C/C=C(C)/C=C/C=C(C)/C=C/C2=C(C)CCCC2(C)C)C(C)(C)CCC1. The van der Waals surface area contributed by atoms with Crippen LogP contribution in [0.1, 0.15) is 149 Å². The van der Waals surface area contributed by atoms with Crippen molar-refractivity contribution in [2.24, 2.45) is 10.8 Å². The first-order chi connectivity index (χ1) is 33.2. The van der Waals surface area contributed by atoms with E-state index in [2.05, 4.69) is 305 Å². The average molecular weight is 934 g/mol. The van der Waals surface area contributed by atoms with Crippen molar-refractivity contribution >= 4 is 0 Å². The van der Waals surface area contributed by atoms with Gasteiger partial charge in [0.25, 0.3) is 0 Å². The van der Waals surface area contributed by atoms with Crippen molar-refractivity contribution in [2.45, 2.75) is 149 Å². The summed E-state index contributed by atoms with van der Waals surface area (Å²) in [7, 11) is 0. The summed E-state index contributed by atoms with van der Waals surface area (Å²) in [6.07, 6.45) is 76.6. The van der Waals surface area contributed by atoms with Gasteiger partial charge in [-0.3, -0.25) is 0 Å². The van der Waals surface area contributed by atoms with E-state index in [-0.39, 0.29) is 10.8 Å². The molecule has 2 aliphatic rings. The van der Waals surface area contributed by atoms with Crippen LogP contribution >= 0.6 is 0 Å². The Morgan fingerprint density at radius 3 is 0.671 bits per heavy atom. The molecule has 0 aliphatic heterocycles. The lowest BCUT2D eigenvalue weighted by molar-refractivity contribution is 0.376. The van der Waals surface area contributed by atoms with Gasteiger partial charge in [0.1, 0.15) is 0 Å². The molecule has 0 saturated carbocycles. The third-order valence-electron chi connectivity index (χ3n) is 12.7. The maximum Gasteiger partial charge on any atom is -0.0104 e. The summed E-state index contributed by atoms with van der Waals surface area (Å²) >= 11 is 0. The molecule has 2 aliphatic carbocycles. The molecule has 0 aromatic rings. The fourth-order valence-corrected chi connectivity index (χ4v) is 8.23. The molecule has 0 bridgehead atoms. The fourth-order valence-electron chi connectivity index (χ4n) is 8.23. The molecule has 0 saturated heterocycles. The Morgan fingerprint density at radius 1 is 0.286 bits per heavy atom. The van der Waals surface area contributed by atoms with E-state index in [1.54, 1.807) is 0 Å². The Kier molecular flexibility index (Phi) is 28.1. The molecule has 0 heteroatoms. The summed E-state index contributed by atoms with van der Waals surface area (Å²) in [5.41, 5.74) is 18.8. The van der Waals surface area contributed by atoms with Crippen LogP contribution in [0.3, 0.4) is 0 Å². The quantitative estimate of drug-likeness (QED) is 0.0949. The van der Waals surface area contributed by atoms with Crippen LogP contribution in [-0.2, 0) is 0 Å². The minimum atomic E-state index is 0.274. The highest BCUT2D eigenvalue weighted by molar-refractivity contribution is 5.40. The van der Waals surface area contributed by atoms with Gasteiger partial charge in [0, 0.05) is 0 Å².